The Morgan fingerprint density at radius 1 is 1.24 bits per heavy atom. The van der Waals surface area contributed by atoms with E-state index in [0.29, 0.717) is 0 Å². The van der Waals surface area contributed by atoms with Crippen molar-refractivity contribution >= 4 is 22.4 Å². The molecule has 0 aliphatic carbocycles. The Hall–Kier alpha value is -1.85. The zero-order chi connectivity index (χ0) is 11.7. The molecule has 0 aliphatic heterocycles. The van der Waals surface area contributed by atoms with Crippen LogP contribution < -0.4 is 0 Å². The van der Waals surface area contributed by atoms with Crippen LogP contribution in [0.25, 0.3) is 10.9 Å². The summed E-state index contributed by atoms with van der Waals surface area (Å²) < 4.78 is 3.75. The van der Waals surface area contributed by atoms with E-state index >= 15 is 0 Å². The molecule has 5 heteroatoms. The largest absolute Gasteiger partial charge is 0.383 e. The topological polar surface area (TPSA) is 58.9 Å². The average molecular weight is 243 g/mol. The van der Waals surface area contributed by atoms with Gasteiger partial charge in [0.25, 0.3) is 0 Å². The smallest absolute Gasteiger partial charge is 0.116 e. The van der Waals surface area contributed by atoms with E-state index in [1.807, 2.05) is 30.3 Å². The Morgan fingerprint density at radius 3 is 3.00 bits per heavy atom. The molecule has 2 heterocycles. The van der Waals surface area contributed by atoms with Gasteiger partial charge < -0.3 is 5.11 Å². The van der Waals surface area contributed by atoms with Crippen molar-refractivity contribution in [2.24, 2.45) is 0 Å². The molecule has 0 saturated heterocycles. The van der Waals surface area contributed by atoms with E-state index in [9.17, 15) is 5.11 Å². The van der Waals surface area contributed by atoms with Crippen LogP contribution in [-0.2, 0) is 0 Å². The molecule has 0 bridgehead atoms. The third kappa shape index (κ3) is 1.90. The second-order valence-electron chi connectivity index (χ2n) is 3.68. The second-order valence-corrected chi connectivity index (χ2v) is 4.50. The summed E-state index contributed by atoms with van der Waals surface area (Å²) in [5.41, 5.74) is 1.75. The van der Waals surface area contributed by atoms with Crippen molar-refractivity contribution in [3.8, 4) is 0 Å². The van der Waals surface area contributed by atoms with Gasteiger partial charge in [-0.2, -0.15) is 0 Å². The molecular weight excluding hydrogens is 234 g/mol. The van der Waals surface area contributed by atoms with Gasteiger partial charge in [-0.05, 0) is 35.3 Å². The maximum atomic E-state index is 10.2. The molecule has 0 saturated carbocycles. The fourth-order valence-corrected chi connectivity index (χ4v) is 2.24. The molecule has 0 fully saturated rings. The summed E-state index contributed by atoms with van der Waals surface area (Å²) in [5.74, 6) is 0. The monoisotopic (exact) mass is 243 g/mol. The Morgan fingerprint density at radius 2 is 2.18 bits per heavy atom. The lowest BCUT2D eigenvalue weighted by molar-refractivity contribution is 0.224. The Bertz CT molecular complexity index is 639. The molecule has 1 unspecified atom stereocenters. The van der Waals surface area contributed by atoms with E-state index in [2.05, 4.69) is 14.6 Å². The van der Waals surface area contributed by atoms with Crippen molar-refractivity contribution in [2.45, 2.75) is 6.10 Å². The average Bonchev–Trinajstić information content (AvgIpc) is 2.91. The van der Waals surface area contributed by atoms with E-state index in [1.165, 1.54) is 11.5 Å². The molecular formula is C12H9N3OS. The van der Waals surface area contributed by atoms with Crippen LogP contribution in [0.15, 0.2) is 42.7 Å². The number of hydrogen-bond donors (Lipinski definition) is 1. The highest BCUT2D eigenvalue weighted by atomic mass is 32.1. The molecule has 1 aromatic carbocycles. The van der Waals surface area contributed by atoms with Gasteiger partial charge in [-0.1, -0.05) is 16.6 Å². The lowest BCUT2D eigenvalue weighted by Gasteiger charge is -2.08. The predicted molar refractivity (Wildman–Crippen MR) is 65.7 cm³/mol. The van der Waals surface area contributed by atoms with Crippen molar-refractivity contribution in [1.29, 1.82) is 0 Å². The number of hydrogen-bond acceptors (Lipinski definition) is 5. The quantitative estimate of drug-likeness (QED) is 0.749. The fourth-order valence-electron chi connectivity index (χ4n) is 1.72. The number of fused-ring (bicyclic) bond motifs is 1. The van der Waals surface area contributed by atoms with Crippen LogP contribution in [0.3, 0.4) is 0 Å². The van der Waals surface area contributed by atoms with Crippen LogP contribution in [0.4, 0.5) is 0 Å². The molecule has 1 atom stereocenters. The maximum Gasteiger partial charge on any atom is 0.116 e. The summed E-state index contributed by atoms with van der Waals surface area (Å²) in [6.07, 6.45) is 2.67. The lowest BCUT2D eigenvalue weighted by Crippen LogP contribution is -1.97. The molecule has 4 nitrogen and oxygen atoms in total. The SMILES string of the molecule is OC(c1ccc2ncccc2c1)c1cnns1. The minimum absolute atomic E-state index is 0.667. The van der Waals surface area contributed by atoms with E-state index in [1.54, 1.807) is 12.4 Å². The number of benzene rings is 1. The Balaban J connectivity index is 2.06. The van der Waals surface area contributed by atoms with Crippen molar-refractivity contribution in [3.05, 3.63) is 53.2 Å². The van der Waals surface area contributed by atoms with E-state index < -0.39 is 6.10 Å². The Kier molecular flexibility index (Phi) is 2.55. The summed E-state index contributed by atoms with van der Waals surface area (Å²) in [6.45, 7) is 0. The third-order valence-corrected chi connectivity index (χ3v) is 3.31. The number of pyridine rings is 1. The minimum Gasteiger partial charge on any atom is -0.383 e. The lowest BCUT2D eigenvalue weighted by atomic mass is 10.1. The third-order valence-electron chi connectivity index (χ3n) is 2.59. The molecule has 0 spiro atoms. The molecule has 3 aromatic rings. The normalized spacial score (nSPS) is 12.8. The maximum absolute atomic E-state index is 10.2. The second kappa shape index (κ2) is 4.20. The first-order valence-corrected chi connectivity index (χ1v) is 5.92. The zero-order valence-corrected chi connectivity index (χ0v) is 9.63. The van der Waals surface area contributed by atoms with Gasteiger partial charge in [0, 0.05) is 11.6 Å². The van der Waals surface area contributed by atoms with Crippen LogP contribution in [0.2, 0.25) is 0 Å². The highest BCUT2D eigenvalue weighted by molar-refractivity contribution is 7.05. The van der Waals surface area contributed by atoms with E-state index in [4.69, 9.17) is 0 Å². The highest BCUT2D eigenvalue weighted by Gasteiger charge is 2.13. The molecule has 17 heavy (non-hydrogen) atoms. The van der Waals surface area contributed by atoms with E-state index in [-0.39, 0.29) is 0 Å². The van der Waals surface area contributed by atoms with Gasteiger partial charge in [0.1, 0.15) is 6.10 Å². The van der Waals surface area contributed by atoms with Crippen LogP contribution in [0.5, 0.6) is 0 Å². The van der Waals surface area contributed by atoms with Crippen LogP contribution in [0.1, 0.15) is 16.5 Å². The summed E-state index contributed by atoms with van der Waals surface area (Å²) in [5, 5.41) is 14.9. The predicted octanol–water partition coefficient (Wildman–Crippen LogP) is 2.17. The number of aliphatic hydroxyl groups excluding tert-OH is 1. The number of aliphatic hydroxyl groups is 1. The first-order chi connectivity index (χ1) is 8.34. The van der Waals surface area contributed by atoms with Crippen LogP contribution in [-0.4, -0.2) is 19.7 Å². The van der Waals surface area contributed by atoms with Crippen molar-refractivity contribution in [1.82, 2.24) is 14.6 Å². The fraction of sp³-hybridized carbons (Fsp3) is 0.0833. The van der Waals surface area contributed by atoms with Crippen LogP contribution in [0, 0.1) is 0 Å². The first kappa shape index (κ1) is 10.3. The Labute approximate surface area is 102 Å². The standard InChI is InChI=1S/C12H9N3OS/c16-12(11-7-14-15-17-11)9-3-4-10-8(6-9)2-1-5-13-10/h1-7,12,16H. The van der Waals surface area contributed by atoms with Gasteiger partial charge >= 0.3 is 0 Å². The minimum atomic E-state index is -0.667. The van der Waals surface area contributed by atoms with Gasteiger partial charge in [-0.25, -0.2) is 0 Å². The van der Waals surface area contributed by atoms with Gasteiger partial charge in [-0.15, -0.1) is 5.10 Å². The number of aromatic nitrogens is 3. The number of nitrogens with zero attached hydrogens (tertiary/aromatic N) is 3. The van der Waals surface area contributed by atoms with Gasteiger partial charge in [0.05, 0.1) is 16.6 Å². The molecule has 84 valence electrons. The van der Waals surface area contributed by atoms with Crippen molar-refractivity contribution < 1.29 is 5.11 Å². The molecule has 2 aromatic heterocycles. The van der Waals surface area contributed by atoms with Gasteiger partial charge in [-0.3, -0.25) is 4.98 Å². The molecule has 0 aliphatic rings. The summed E-state index contributed by atoms with van der Waals surface area (Å²) in [6, 6.07) is 9.57. The highest BCUT2D eigenvalue weighted by Crippen LogP contribution is 2.25. The zero-order valence-electron chi connectivity index (χ0n) is 8.82. The van der Waals surface area contributed by atoms with Crippen LogP contribution >= 0.6 is 11.5 Å². The molecule has 0 amide bonds. The first-order valence-electron chi connectivity index (χ1n) is 5.14. The van der Waals surface area contributed by atoms with Gasteiger partial charge in [0.2, 0.25) is 0 Å². The molecule has 0 radical (unpaired) electrons. The van der Waals surface area contributed by atoms with Crippen molar-refractivity contribution in [3.63, 3.8) is 0 Å². The summed E-state index contributed by atoms with van der Waals surface area (Å²) in [4.78, 5) is 4.98. The molecule has 3 rings (SSSR count). The van der Waals surface area contributed by atoms with Crippen molar-refractivity contribution in [2.75, 3.05) is 0 Å². The van der Waals surface area contributed by atoms with E-state index in [0.717, 1.165) is 21.3 Å². The van der Waals surface area contributed by atoms with Gasteiger partial charge in [0.15, 0.2) is 0 Å². The summed E-state index contributed by atoms with van der Waals surface area (Å²) in [7, 11) is 0. The summed E-state index contributed by atoms with van der Waals surface area (Å²) >= 11 is 1.20. The molecule has 1 N–H and O–H groups in total. The number of rotatable bonds is 2.